The molecule has 0 spiro atoms. The fourth-order valence-electron chi connectivity index (χ4n) is 1.86. The summed E-state index contributed by atoms with van der Waals surface area (Å²) in [5.41, 5.74) is 7.38. The summed E-state index contributed by atoms with van der Waals surface area (Å²) < 4.78 is 0. The standard InChI is InChI=1S/C14H22N2O/c1-4-6-11(2)16(3)14(17)10-12-7-5-8-13(15)9-12/h5,7-9,11H,4,6,10,15H2,1-3H3. The van der Waals surface area contributed by atoms with Crippen LogP contribution in [0.15, 0.2) is 24.3 Å². The topological polar surface area (TPSA) is 46.3 Å². The van der Waals surface area contributed by atoms with Gasteiger partial charge in [0.2, 0.25) is 5.91 Å². The molecular formula is C14H22N2O. The van der Waals surface area contributed by atoms with E-state index in [2.05, 4.69) is 13.8 Å². The lowest BCUT2D eigenvalue weighted by atomic mass is 10.1. The number of nitrogen functional groups attached to an aromatic ring is 1. The number of anilines is 1. The minimum atomic E-state index is 0.150. The summed E-state index contributed by atoms with van der Waals surface area (Å²) in [6, 6.07) is 7.81. The summed E-state index contributed by atoms with van der Waals surface area (Å²) in [6.45, 7) is 4.22. The molecular weight excluding hydrogens is 212 g/mol. The van der Waals surface area contributed by atoms with E-state index in [1.54, 1.807) is 0 Å². The summed E-state index contributed by atoms with van der Waals surface area (Å²) in [5, 5.41) is 0. The number of nitrogens with two attached hydrogens (primary N) is 1. The van der Waals surface area contributed by atoms with Crippen molar-refractivity contribution in [2.24, 2.45) is 0 Å². The van der Waals surface area contributed by atoms with Gasteiger partial charge in [0.25, 0.3) is 0 Å². The van der Waals surface area contributed by atoms with Gasteiger partial charge >= 0.3 is 0 Å². The number of nitrogens with zero attached hydrogens (tertiary/aromatic N) is 1. The molecule has 1 amide bonds. The summed E-state index contributed by atoms with van der Waals surface area (Å²) in [4.78, 5) is 13.9. The minimum absolute atomic E-state index is 0.150. The zero-order valence-corrected chi connectivity index (χ0v) is 10.9. The predicted molar refractivity (Wildman–Crippen MR) is 71.7 cm³/mol. The van der Waals surface area contributed by atoms with Crippen molar-refractivity contribution in [2.45, 2.75) is 39.2 Å². The van der Waals surface area contributed by atoms with Crippen molar-refractivity contribution in [1.82, 2.24) is 4.90 Å². The number of carbonyl (C=O) groups is 1. The Morgan fingerprint density at radius 1 is 1.47 bits per heavy atom. The van der Waals surface area contributed by atoms with Gasteiger partial charge in [-0.25, -0.2) is 0 Å². The maximum Gasteiger partial charge on any atom is 0.226 e. The molecule has 2 N–H and O–H groups in total. The quantitative estimate of drug-likeness (QED) is 0.795. The maximum atomic E-state index is 12.0. The van der Waals surface area contributed by atoms with E-state index >= 15 is 0 Å². The first-order chi connectivity index (χ1) is 8.04. The Balaban J connectivity index is 2.60. The molecule has 0 radical (unpaired) electrons. The smallest absolute Gasteiger partial charge is 0.226 e. The highest BCUT2D eigenvalue weighted by molar-refractivity contribution is 5.79. The van der Waals surface area contributed by atoms with E-state index in [4.69, 9.17) is 5.73 Å². The Kier molecular flexibility index (Phi) is 5.01. The fourth-order valence-corrected chi connectivity index (χ4v) is 1.86. The van der Waals surface area contributed by atoms with Crippen LogP contribution < -0.4 is 5.73 Å². The monoisotopic (exact) mass is 234 g/mol. The number of likely N-dealkylation sites (N-methyl/N-ethyl adjacent to an activating group) is 1. The van der Waals surface area contributed by atoms with Crippen LogP contribution >= 0.6 is 0 Å². The Morgan fingerprint density at radius 3 is 2.76 bits per heavy atom. The molecule has 1 atom stereocenters. The first-order valence-corrected chi connectivity index (χ1v) is 6.14. The van der Waals surface area contributed by atoms with Gasteiger partial charge in [-0.15, -0.1) is 0 Å². The molecule has 1 unspecified atom stereocenters. The zero-order chi connectivity index (χ0) is 12.8. The Bertz CT molecular complexity index is 376. The van der Waals surface area contributed by atoms with Gasteiger partial charge in [-0.3, -0.25) is 4.79 Å². The normalized spacial score (nSPS) is 12.2. The van der Waals surface area contributed by atoms with Gasteiger partial charge in [0.1, 0.15) is 0 Å². The van der Waals surface area contributed by atoms with Gasteiger partial charge < -0.3 is 10.6 Å². The van der Waals surface area contributed by atoms with E-state index in [0.717, 1.165) is 18.4 Å². The highest BCUT2D eigenvalue weighted by Crippen LogP contribution is 2.10. The molecule has 1 aromatic rings. The van der Waals surface area contributed by atoms with Gasteiger partial charge in [0, 0.05) is 18.8 Å². The van der Waals surface area contributed by atoms with Crippen molar-refractivity contribution in [2.75, 3.05) is 12.8 Å². The molecule has 1 rings (SSSR count). The van der Waals surface area contributed by atoms with Crippen molar-refractivity contribution in [1.29, 1.82) is 0 Å². The number of rotatable bonds is 5. The van der Waals surface area contributed by atoms with Gasteiger partial charge in [0.05, 0.1) is 6.42 Å². The van der Waals surface area contributed by atoms with Gasteiger partial charge in [-0.05, 0) is 31.0 Å². The molecule has 0 bridgehead atoms. The van der Waals surface area contributed by atoms with Crippen molar-refractivity contribution >= 4 is 11.6 Å². The van der Waals surface area contributed by atoms with E-state index in [0.29, 0.717) is 18.2 Å². The zero-order valence-electron chi connectivity index (χ0n) is 10.9. The van der Waals surface area contributed by atoms with Crippen LogP contribution in [0, 0.1) is 0 Å². The predicted octanol–water partition coefficient (Wildman–Crippen LogP) is 2.46. The lowest BCUT2D eigenvalue weighted by Gasteiger charge is -2.24. The first kappa shape index (κ1) is 13.6. The summed E-state index contributed by atoms with van der Waals surface area (Å²) in [6.07, 6.45) is 2.56. The van der Waals surface area contributed by atoms with Crippen molar-refractivity contribution in [3.8, 4) is 0 Å². The van der Waals surface area contributed by atoms with Crippen LogP contribution in [0.2, 0.25) is 0 Å². The molecule has 17 heavy (non-hydrogen) atoms. The molecule has 0 saturated heterocycles. The molecule has 0 aliphatic rings. The third-order valence-corrected chi connectivity index (χ3v) is 3.07. The van der Waals surface area contributed by atoms with Crippen molar-refractivity contribution in [3.05, 3.63) is 29.8 Å². The molecule has 1 aromatic carbocycles. The lowest BCUT2D eigenvalue weighted by Crippen LogP contribution is -2.36. The number of hydrogen-bond acceptors (Lipinski definition) is 2. The number of carbonyl (C=O) groups excluding carboxylic acids is 1. The molecule has 3 heteroatoms. The van der Waals surface area contributed by atoms with E-state index in [-0.39, 0.29) is 5.91 Å². The van der Waals surface area contributed by atoms with Crippen LogP contribution in [-0.4, -0.2) is 23.9 Å². The Morgan fingerprint density at radius 2 is 2.18 bits per heavy atom. The third-order valence-electron chi connectivity index (χ3n) is 3.07. The van der Waals surface area contributed by atoms with Crippen LogP contribution in [0.25, 0.3) is 0 Å². The summed E-state index contributed by atoms with van der Waals surface area (Å²) in [5.74, 6) is 0.150. The molecule has 0 aliphatic heterocycles. The summed E-state index contributed by atoms with van der Waals surface area (Å²) in [7, 11) is 1.87. The van der Waals surface area contributed by atoms with Crippen molar-refractivity contribution in [3.63, 3.8) is 0 Å². The molecule has 3 nitrogen and oxygen atoms in total. The van der Waals surface area contributed by atoms with Gasteiger partial charge in [-0.1, -0.05) is 25.5 Å². The van der Waals surface area contributed by atoms with E-state index in [1.807, 2.05) is 36.2 Å². The molecule has 0 aliphatic carbocycles. The molecule has 0 heterocycles. The van der Waals surface area contributed by atoms with Crippen LogP contribution in [-0.2, 0) is 11.2 Å². The average molecular weight is 234 g/mol. The van der Waals surface area contributed by atoms with Crippen LogP contribution in [0.3, 0.4) is 0 Å². The Labute approximate surface area is 104 Å². The largest absolute Gasteiger partial charge is 0.399 e. The summed E-state index contributed by atoms with van der Waals surface area (Å²) >= 11 is 0. The second-order valence-electron chi connectivity index (χ2n) is 4.56. The van der Waals surface area contributed by atoms with E-state index in [1.165, 1.54) is 0 Å². The van der Waals surface area contributed by atoms with Crippen molar-refractivity contribution < 1.29 is 4.79 Å². The number of amides is 1. The van der Waals surface area contributed by atoms with E-state index < -0.39 is 0 Å². The molecule has 0 aromatic heterocycles. The van der Waals surface area contributed by atoms with Gasteiger partial charge in [0.15, 0.2) is 0 Å². The highest BCUT2D eigenvalue weighted by Gasteiger charge is 2.15. The molecule has 0 saturated carbocycles. The molecule has 94 valence electrons. The second kappa shape index (κ2) is 6.28. The number of benzene rings is 1. The fraction of sp³-hybridized carbons (Fsp3) is 0.500. The highest BCUT2D eigenvalue weighted by atomic mass is 16.2. The first-order valence-electron chi connectivity index (χ1n) is 6.14. The number of hydrogen-bond donors (Lipinski definition) is 1. The van der Waals surface area contributed by atoms with Crippen LogP contribution in [0.1, 0.15) is 32.3 Å². The van der Waals surface area contributed by atoms with Gasteiger partial charge in [-0.2, -0.15) is 0 Å². The lowest BCUT2D eigenvalue weighted by molar-refractivity contribution is -0.131. The second-order valence-corrected chi connectivity index (χ2v) is 4.56. The van der Waals surface area contributed by atoms with E-state index in [9.17, 15) is 4.79 Å². The maximum absolute atomic E-state index is 12.0. The Hall–Kier alpha value is -1.51. The van der Waals surface area contributed by atoms with Crippen LogP contribution in [0.4, 0.5) is 5.69 Å². The average Bonchev–Trinajstić information content (AvgIpc) is 2.28. The molecule has 0 fully saturated rings. The SMILES string of the molecule is CCCC(C)N(C)C(=O)Cc1cccc(N)c1. The van der Waals surface area contributed by atoms with Crippen LogP contribution in [0.5, 0.6) is 0 Å². The third kappa shape index (κ3) is 4.10. The minimum Gasteiger partial charge on any atom is -0.399 e.